The molecule has 0 bridgehead atoms. The van der Waals surface area contributed by atoms with Crippen molar-refractivity contribution in [3.63, 3.8) is 0 Å². The van der Waals surface area contributed by atoms with Gasteiger partial charge in [0.25, 0.3) is 0 Å². The monoisotopic (exact) mass is 293 g/mol. The number of para-hydroxylation sites is 2. The van der Waals surface area contributed by atoms with Crippen LogP contribution in [0, 0.1) is 11.3 Å². The van der Waals surface area contributed by atoms with E-state index in [0.717, 1.165) is 11.0 Å². The third-order valence-electron chi connectivity index (χ3n) is 3.36. The minimum Gasteiger partial charge on any atom is -0.491 e. The predicted octanol–water partition coefficient (Wildman–Crippen LogP) is 2.35. The molecule has 110 valence electrons. The summed E-state index contributed by atoms with van der Waals surface area (Å²) in [5, 5.41) is 18.9. The molecule has 5 heteroatoms. The van der Waals surface area contributed by atoms with E-state index in [1.165, 1.54) is 0 Å². The van der Waals surface area contributed by atoms with E-state index in [-0.39, 0.29) is 6.61 Å². The van der Waals surface area contributed by atoms with E-state index in [0.29, 0.717) is 17.9 Å². The molecule has 0 fully saturated rings. The predicted molar refractivity (Wildman–Crippen MR) is 82.4 cm³/mol. The van der Waals surface area contributed by atoms with Crippen LogP contribution in [0.4, 0.5) is 0 Å². The van der Waals surface area contributed by atoms with E-state index >= 15 is 0 Å². The van der Waals surface area contributed by atoms with E-state index in [1.807, 2.05) is 28.8 Å². The van der Waals surface area contributed by atoms with Gasteiger partial charge in [0.05, 0.1) is 35.5 Å². The zero-order chi connectivity index (χ0) is 15.4. The van der Waals surface area contributed by atoms with E-state index in [4.69, 9.17) is 10.00 Å². The Bertz CT molecular complexity index is 803. The minimum absolute atomic E-state index is 0.179. The Kier molecular flexibility index (Phi) is 4.03. The molecule has 0 amide bonds. The molecule has 0 radical (unpaired) electrons. The standard InChI is InChI=1S/C17H15N3O2/c18-9-13-5-7-15(8-6-13)22-11-14(21)10-20-12-19-16-3-1-2-4-17(16)20/h1-8,12,14,21H,10-11H2/t14-/m0/s1. The number of aromatic nitrogens is 2. The molecule has 0 unspecified atom stereocenters. The number of fused-ring (bicyclic) bond motifs is 1. The topological polar surface area (TPSA) is 71.1 Å². The summed E-state index contributed by atoms with van der Waals surface area (Å²) in [4.78, 5) is 4.29. The van der Waals surface area contributed by atoms with E-state index in [2.05, 4.69) is 11.1 Å². The number of imidazole rings is 1. The highest BCUT2D eigenvalue weighted by atomic mass is 16.5. The van der Waals surface area contributed by atoms with Gasteiger partial charge in [-0.3, -0.25) is 0 Å². The molecule has 1 atom stereocenters. The molecule has 0 aliphatic carbocycles. The van der Waals surface area contributed by atoms with Crippen molar-refractivity contribution in [2.45, 2.75) is 12.6 Å². The first-order valence-corrected chi connectivity index (χ1v) is 6.97. The lowest BCUT2D eigenvalue weighted by atomic mass is 10.2. The van der Waals surface area contributed by atoms with Gasteiger partial charge in [-0.15, -0.1) is 0 Å². The fraction of sp³-hybridized carbons (Fsp3) is 0.176. The zero-order valence-electron chi connectivity index (χ0n) is 11.9. The number of hydrogen-bond acceptors (Lipinski definition) is 4. The van der Waals surface area contributed by atoms with Crippen molar-refractivity contribution in [3.05, 3.63) is 60.4 Å². The van der Waals surface area contributed by atoms with Gasteiger partial charge in [-0.2, -0.15) is 5.26 Å². The normalized spacial score (nSPS) is 12.0. The van der Waals surface area contributed by atoms with E-state index in [9.17, 15) is 5.11 Å². The van der Waals surface area contributed by atoms with Gasteiger partial charge in [-0.25, -0.2) is 4.98 Å². The fourth-order valence-corrected chi connectivity index (χ4v) is 2.25. The molecule has 0 aliphatic rings. The van der Waals surface area contributed by atoms with Gasteiger partial charge in [0.15, 0.2) is 0 Å². The molecule has 0 saturated carbocycles. The average Bonchev–Trinajstić information content (AvgIpc) is 2.97. The highest BCUT2D eigenvalue weighted by molar-refractivity contribution is 5.74. The lowest BCUT2D eigenvalue weighted by Gasteiger charge is -2.13. The van der Waals surface area contributed by atoms with Gasteiger partial charge in [0.1, 0.15) is 18.5 Å². The maximum Gasteiger partial charge on any atom is 0.119 e. The molecule has 3 aromatic rings. The van der Waals surface area contributed by atoms with Crippen LogP contribution in [0.2, 0.25) is 0 Å². The van der Waals surface area contributed by atoms with Crippen LogP contribution in [-0.4, -0.2) is 27.4 Å². The Morgan fingerprint density at radius 2 is 1.95 bits per heavy atom. The van der Waals surface area contributed by atoms with Crippen molar-refractivity contribution in [1.82, 2.24) is 9.55 Å². The Balaban J connectivity index is 1.60. The lowest BCUT2D eigenvalue weighted by Crippen LogP contribution is -2.23. The van der Waals surface area contributed by atoms with Crippen LogP contribution in [-0.2, 0) is 6.54 Å². The maximum absolute atomic E-state index is 10.1. The number of rotatable bonds is 5. The maximum atomic E-state index is 10.1. The quantitative estimate of drug-likeness (QED) is 0.784. The molecule has 22 heavy (non-hydrogen) atoms. The largest absolute Gasteiger partial charge is 0.491 e. The summed E-state index contributed by atoms with van der Waals surface area (Å²) in [5.41, 5.74) is 2.47. The summed E-state index contributed by atoms with van der Waals surface area (Å²) < 4.78 is 7.44. The number of benzene rings is 2. The van der Waals surface area contributed by atoms with Gasteiger partial charge in [-0.05, 0) is 36.4 Å². The van der Waals surface area contributed by atoms with Gasteiger partial charge < -0.3 is 14.4 Å². The fourth-order valence-electron chi connectivity index (χ4n) is 2.25. The molecule has 1 aromatic heterocycles. The number of aliphatic hydroxyl groups excluding tert-OH is 1. The lowest BCUT2D eigenvalue weighted by molar-refractivity contribution is 0.0934. The molecule has 2 aromatic carbocycles. The van der Waals surface area contributed by atoms with E-state index in [1.54, 1.807) is 30.6 Å². The van der Waals surface area contributed by atoms with Crippen LogP contribution < -0.4 is 4.74 Å². The number of nitrogens with zero attached hydrogens (tertiary/aromatic N) is 3. The van der Waals surface area contributed by atoms with Crippen molar-refractivity contribution >= 4 is 11.0 Å². The zero-order valence-corrected chi connectivity index (χ0v) is 11.9. The summed E-state index contributed by atoms with van der Waals surface area (Å²) in [7, 11) is 0. The van der Waals surface area contributed by atoms with Crippen molar-refractivity contribution in [1.29, 1.82) is 5.26 Å². The summed E-state index contributed by atoms with van der Waals surface area (Å²) in [6.07, 6.45) is 1.07. The summed E-state index contributed by atoms with van der Waals surface area (Å²) in [6.45, 7) is 0.592. The average molecular weight is 293 g/mol. The van der Waals surface area contributed by atoms with Crippen LogP contribution in [0.25, 0.3) is 11.0 Å². The highest BCUT2D eigenvalue weighted by Crippen LogP contribution is 2.14. The number of ether oxygens (including phenoxy) is 1. The summed E-state index contributed by atoms with van der Waals surface area (Å²) in [5.74, 6) is 0.633. The Morgan fingerprint density at radius 1 is 1.18 bits per heavy atom. The van der Waals surface area contributed by atoms with Gasteiger partial charge in [0.2, 0.25) is 0 Å². The van der Waals surface area contributed by atoms with Crippen LogP contribution in [0.3, 0.4) is 0 Å². The molecule has 0 spiro atoms. The first-order chi connectivity index (χ1) is 10.8. The molecule has 1 N–H and O–H groups in total. The van der Waals surface area contributed by atoms with Gasteiger partial charge in [-0.1, -0.05) is 12.1 Å². The molecule has 1 heterocycles. The third-order valence-corrected chi connectivity index (χ3v) is 3.36. The number of nitriles is 1. The summed E-state index contributed by atoms with van der Waals surface area (Å²) in [6, 6.07) is 16.6. The van der Waals surface area contributed by atoms with Crippen molar-refractivity contribution in [3.8, 4) is 11.8 Å². The second-order valence-electron chi connectivity index (χ2n) is 4.99. The van der Waals surface area contributed by atoms with Gasteiger partial charge >= 0.3 is 0 Å². The Morgan fingerprint density at radius 3 is 2.73 bits per heavy atom. The second-order valence-corrected chi connectivity index (χ2v) is 4.99. The molecule has 5 nitrogen and oxygen atoms in total. The molecule has 0 aliphatic heterocycles. The first-order valence-electron chi connectivity index (χ1n) is 6.97. The third kappa shape index (κ3) is 3.08. The van der Waals surface area contributed by atoms with Crippen molar-refractivity contribution < 1.29 is 9.84 Å². The second kappa shape index (κ2) is 6.29. The molecular weight excluding hydrogens is 278 g/mol. The van der Waals surface area contributed by atoms with Crippen LogP contribution in [0.15, 0.2) is 54.9 Å². The number of hydrogen-bond donors (Lipinski definition) is 1. The molecule has 0 saturated heterocycles. The van der Waals surface area contributed by atoms with Crippen LogP contribution in [0.5, 0.6) is 5.75 Å². The first kappa shape index (κ1) is 14.1. The summed E-state index contributed by atoms with van der Waals surface area (Å²) >= 11 is 0. The van der Waals surface area contributed by atoms with Crippen molar-refractivity contribution in [2.75, 3.05) is 6.61 Å². The van der Waals surface area contributed by atoms with Crippen LogP contribution >= 0.6 is 0 Å². The van der Waals surface area contributed by atoms with Crippen LogP contribution in [0.1, 0.15) is 5.56 Å². The van der Waals surface area contributed by atoms with Gasteiger partial charge in [0, 0.05) is 0 Å². The highest BCUT2D eigenvalue weighted by Gasteiger charge is 2.09. The smallest absolute Gasteiger partial charge is 0.119 e. The minimum atomic E-state index is -0.645. The van der Waals surface area contributed by atoms with E-state index < -0.39 is 6.10 Å². The molecular formula is C17H15N3O2. The number of aliphatic hydroxyl groups is 1. The Labute approximate surface area is 128 Å². The SMILES string of the molecule is N#Cc1ccc(OC[C@@H](O)Cn2cnc3ccccc32)cc1. The van der Waals surface area contributed by atoms with Crippen molar-refractivity contribution in [2.24, 2.45) is 0 Å². The Hall–Kier alpha value is -2.84. The molecule has 3 rings (SSSR count).